The van der Waals surface area contributed by atoms with Gasteiger partial charge in [-0.2, -0.15) is 0 Å². The van der Waals surface area contributed by atoms with E-state index in [9.17, 15) is 4.79 Å². The Bertz CT molecular complexity index is 501. The fraction of sp³-hybridized carbons (Fsp3) is 0.625. The van der Waals surface area contributed by atoms with E-state index in [1.807, 2.05) is 26.0 Å². The van der Waals surface area contributed by atoms with Crippen LogP contribution in [-0.4, -0.2) is 43.9 Å². The molecular weight excluding hydrogens is 280 g/mol. The molecule has 0 aromatic carbocycles. The molecule has 6 heteroatoms. The lowest BCUT2D eigenvalue weighted by Gasteiger charge is -2.21. The van der Waals surface area contributed by atoms with E-state index in [4.69, 9.17) is 4.74 Å². The van der Waals surface area contributed by atoms with E-state index in [1.165, 1.54) is 12.8 Å². The number of urea groups is 1. The number of pyridine rings is 1. The van der Waals surface area contributed by atoms with E-state index in [0.29, 0.717) is 13.1 Å². The number of ether oxygens (including phenoxy) is 1. The number of hydrogen-bond acceptors (Lipinski definition) is 4. The minimum atomic E-state index is -0.183. The van der Waals surface area contributed by atoms with E-state index in [0.717, 1.165) is 30.2 Å². The zero-order valence-corrected chi connectivity index (χ0v) is 13.7. The highest BCUT2D eigenvalue weighted by Crippen LogP contribution is 2.22. The average Bonchev–Trinajstić information content (AvgIpc) is 3.05. The zero-order valence-electron chi connectivity index (χ0n) is 13.7. The topological polar surface area (TPSA) is 66.5 Å². The van der Waals surface area contributed by atoms with Gasteiger partial charge in [0.1, 0.15) is 5.82 Å². The number of methoxy groups -OCH3 is 1. The number of nitrogens with one attached hydrogen (secondary N) is 2. The first kappa shape index (κ1) is 16.5. The normalized spacial score (nSPS) is 15.7. The molecule has 0 saturated carbocycles. The minimum Gasteiger partial charge on any atom is -0.380 e. The first-order valence-electron chi connectivity index (χ1n) is 7.86. The van der Waals surface area contributed by atoms with Crippen LogP contribution in [0.25, 0.3) is 0 Å². The fourth-order valence-corrected chi connectivity index (χ4v) is 2.47. The van der Waals surface area contributed by atoms with Crippen LogP contribution in [0.2, 0.25) is 0 Å². The number of rotatable bonds is 6. The van der Waals surface area contributed by atoms with Gasteiger partial charge in [-0.1, -0.05) is 6.07 Å². The first-order chi connectivity index (χ1) is 10.6. The number of amides is 2. The van der Waals surface area contributed by atoms with Crippen LogP contribution in [0.4, 0.5) is 10.6 Å². The summed E-state index contributed by atoms with van der Waals surface area (Å²) in [6.45, 7) is 6.97. The molecule has 0 aliphatic carbocycles. The molecule has 22 heavy (non-hydrogen) atoms. The molecule has 0 unspecified atom stereocenters. The molecular formula is C16H26N4O2. The smallest absolute Gasteiger partial charge is 0.315 e. The van der Waals surface area contributed by atoms with Gasteiger partial charge in [0.15, 0.2) is 0 Å². The summed E-state index contributed by atoms with van der Waals surface area (Å²) in [6, 6.07) is 3.85. The Labute approximate surface area is 132 Å². The average molecular weight is 306 g/mol. The maximum Gasteiger partial charge on any atom is 0.315 e. The van der Waals surface area contributed by atoms with E-state index >= 15 is 0 Å². The molecule has 1 aromatic heterocycles. The van der Waals surface area contributed by atoms with E-state index < -0.39 is 0 Å². The molecule has 2 amide bonds. The lowest BCUT2D eigenvalue weighted by atomic mass is 10.2. The predicted octanol–water partition coefficient (Wildman–Crippen LogP) is 1.82. The Kier molecular flexibility index (Phi) is 6.00. The Morgan fingerprint density at radius 2 is 2.09 bits per heavy atom. The number of aryl methyl sites for hydroxylation is 1. The summed E-state index contributed by atoms with van der Waals surface area (Å²) in [4.78, 5) is 18.8. The van der Waals surface area contributed by atoms with Crippen molar-refractivity contribution >= 4 is 11.8 Å². The summed E-state index contributed by atoms with van der Waals surface area (Å²) in [5.74, 6) is 1.00. The van der Waals surface area contributed by atoms with Gasteiger partial charge in [0.2, 0.25) is 0 Å². The van der Waals surface area contributed by atoms with Crippen molar-refractivity contribution in [1.29, 1.82) is 0 Å². The lowest BCUT2D eigenvalue weighted by Crippen LogP contribution is -2.39. The van der Waals surface area contributed by atoms with E-state index in [-0.39, 0.29) is 12.1 Å². The van der Waals surface area contributed by atoms with Crippen LogP contribution in [0.3, 0.4) is 0 Å². The molecule has 2 heterocycles. The largest absolute Gasteiger partial charge is 0.380 e. The van der Waals surface area contributed by atoms with Gasteiger partial charge in [-0.25, -0.2) is 9.78 Å². The summed E-state index contributed by atoms with van der Waals surface area (Å²) in [5, 5.41) is 5.68. The minimum absolute atomic E-state index is 0.00644. The highest BCUT2D eigenvalue weighted by atomic mass is 16.5. The fourth-order valence-electron chi connectivity index (χ4n) is 2.47. The number of nitrogens with zero attached hydrogens (tertiary/aromatic N) is 2. The van der Waals surface area contributed by atoms with Crippen LogP contribution in [0.15, 0.2) is 12.1 Å². The molecule has 1 atom stereocenters. The molecule has 6 nitrogen and oxygen atoms in total. The van der Waals surface area contributed by atoms with Crippen LogP contribution in [-0.2, 0) is 11.3 Å². The van der Waals surface area contributed by atoms with Gasteiger partial charge >= 0.3 is 6.03 Å². The second-order valence-electron chi connectivity index (χ2n) is 5.74. The van der Waals surface area contributed by atoms with Crippen molar-refractivity contribution in [2.75, 3.05) is 31.6 Å². The van der Waals surface area contributed by atoms with Crippen molar-refractivity contribution in [2.45, 2.75) is 39.3 Å². The summed E-state index contributed by atoms with van der Waals surface area (Å²) in [5.41, 5.74) is 2.06. The molecule has 0 radical (unpaired) electrons. The molecule has 0 spiro atoms. The summed E-state index contributed by atoms with van der Waals surface area (Å²) in [7, 11) is 1.63. The summed E-state index contributed by atoms with van der Waals surface area (Å²) < 4.78 is 5.10. The van der Waals surface area contributed by atoms with Gasteiger partial charge in [0.05, 0.1) is 6.10 Å². The third kappa shape index (κ3) is 4.59. The zero-order chi connectivity index (χ0) is 15.9. The first-order valence-corrected chi connectivity index (χ1v) is 7.86. The Hall–Kier alpha value is -1.82. The predicted molar refractivity (Wildman–Crippen MR) is 87.1 cm³/mol. The third-order valence-corrected chi connectivity index (χ3v) is 3.89. The van der Waals surface area contributed by atoms with Crippen LogP contribution < -0.4 is 15.5 Å². The van der Waals surface area contributed by atoms with Gasteiger partial charge in [0.25, 0.3) is 0 Å². The maximum atomic E-state index is 11.8. The highest BCUT2D eigenvalue weighted by Gasteiger charge is 2.17. The van der Waals surface area contributed by atoms with Crippen molar-refractivity contribution in [1.82, 2.24) is 15.6 Å². The monoisotopic (exact) mass is 306 g/mol. The second-order valence-corrected chi connectivity index (χ2v) is 5.74. The Morgan fingerprint density at radius 1 is 1.36 bits per heavy atom. The standard InChI is InChI=1S/C16H26N4O2/c1-12-6-7-14(15(19-12)20-8-4-5-9-20)11-18-16(21)17-10-13(2)22-3/h6-7,13H,4-5,8-11H2,1-3H3,(H2,17,18,21)/t13-/m0/s1. The second kappa shape index (κ2) is 7.98. The quantitative estimate of drug-likeness (QED) is 0.841. The van der Waals surface area contributed by atoms with Crippen LogP contribution in [0.5, 0.6) is 0 Å². The number of carbonyl (C=O) groups excluding carboxylic acids is 1. The number of hydrogen-bond donors (Lipinski definition) is 2. The number of anilines is 1. The number of carbonyl (C=O) groups is 1. The van der Waals surface area contributed by atoms with Gasteiger partial charge in [-0.3, -0.25) is 0 Å². The number of aromatic nitrogens is 1. The van der Waals surface area contributed by atoms with Gasteiger partial charge in [-0.15, -0.1) is 0 Å². The van der Waals surface area contributed by atoms with E-state index in [2.05, 4.69) is 20.5 Å². The molecule has 122 valence electrons. The van der Waals surface area contributed by atoms with Crippen LogP contribution in [0.1, 0.15) is 31.0 Å². The van der Waals surface area contributed by atoms with Crippen LogP contribution >= 0.6 is 0 Å². The van der Waals surface area contributed by atoms with Crippen molar-refractivity contribution in [3.63, 3.8) is 0 Å². The third-order valence-electron chi connectivity index (χ3n) is 3.89. The molecule has 2 rings (SSSR count). The molecule has 1 saturated heterocycles. The Balaban J connectivity index is 1.93. The molecule has 1 fully saturated rings. The van der Waals surface area contributed by atoms with Crippen molar-refractivity contribution in [3.05, 3.63) is 23.4 Å². The van der Waals surface area contributed by atoms with Gasteiger partial charge in [0, 0.05) is 44.5 Å². The SMILES string of the molecule is CO[C@@H](C)CNC(=O)NCc1ccc(C)nc1N1CCCC1. The van der Waals surface area contributed by atoms with Gasteiger partial charge < -0.3 is 20.3 Å². The van der Waals surface area contributed by atoms with Crippen molar-refractivity contribution < 1.29 is 9.53 Å². The molecule has 0 bridgehead atoms. The van der Waals surface area contributed by atoms with Crippen molar-refractivity contribution in [2.24, 2.45) is 0 Å². The van der Waals surface area contributed by atoms with E-state index in [1.54, 1.807) is 7.11 Å². The summed E-state index contributed by atoms with van der Waals surface area (Å²) >= 11 is 0. The van der Waals surface area contributed by atoms with Crippen molar-refractivity contribution in [3.8, 4) is 0 Å². The molecule has 1 aromatic rings. The molecule has 2 N–H and O–H groups in total. The lowest BCUT2D eigenvalue weighted by molar-refractivity contribution is 0.118. The van der Waals surface area contributed by atoms with Gasteiger partial charge in [-0.05, 0) is 32.8 Å². The molecule has 1 aliphatic heterocycles. The maximum absolute atomic E-state index is 11.8. The highest BCUT2D eigenvalue weighted by molar-refractivity contribution is 5.74. The Morgan fingerprint density at radius 3 is 2.77 bits per heavy atom. The molecule has 1 aliphatic rings. The summed E-state index contributed by atoms with van der Waals surface area (Å²) in [6.07, 6.45) is 2.42. The van der Waals surface area contributed by atoms with Crippen LogP contribution in [0, 0.1) is 6.92 Å².